The molecule has 4 rings (SSSR count). The largest absolute Gasteiger partial charge is 0.361 e. The molecule has 30 heavy (non-hydrogen) atoms. The summed E-state index contributed by atoms with van der Waals surface area (Å²) < 4.78 is 1.25. The van der Waals surface area contributed by atoms with Crippen LogP contribution in [0, 0.1) is 6.92 Å². The zero-order chi connectivity index (χ0) is 21.1. The molecule has 152 valence electrons. The fourth-order valence-electron chi connectivity index (χ4n) is 3.50. The summed E-state index contributed by atoms with van der Waals surface area (Å²) in [5.74, 6) is -0.231. The fourth-order valence-corrected chi connectivity index (χ4v) is 3.50. The van der Waals surface area contributed by atoms with Crippen molar-refractivity contribution in [3.05, 3.63) is 88.3 Å². The first kappa shape index (κ1) is 19.6. The molecule has 1 unspecified atom stereocenters. The van der Waals surface area contributed by atoms with E-state index < -0.39 is 6.04 Å². The van der Waals surface area contributed by atoms with Crippen LogP contribution >= 0.6 is 0 Å². The van der Waals surface area contributed by atoms with Crippen molar-refractivity contribution in [2.24, 2.45) is 0 Å². The fraction of sp³-hybridized carbons (Fsp3) is 0.208. The molecule has 1 atom stereocenters. The average molecular weight is 400 g/mol. The monoisotopic (exact) mass is 400 g/mol. The van der Waals surface area contributed by atoms with Gasteiger partial charge in [-0.25, -0.2) is 4.68 Å². The van der Waals surface area contributed by atoms with E-state index >= 15 is 0 Å². The first-order chi connectivity index (χ1) is 14.5. The van der Waals surface area contributed by atoms with E-state index in [2.05, 4.69) is 21.5 Å². The van der Waals surface area contributed by atoms with E-state index in [4.69, 9.17) is 0 Å². The maximum Gasteiger partial charge on any atom is 0.267 e. The molecule has 6 heteroatoms. The van der Waals surface area contributed by atoms with E-state index in [-0.39, 0.29) is 11.5 Å². The van der Waals surface area contributed by atoms with Crippen molar-refractivity contribution in [2.45, 2.75) is 26.3 Å². The summed E-state index contributed by atoms with van der Waals surface area (Å²) in [6.07, 6.45) is 2.67. The third-order valence-electron chi connectivity index (χ3n) is 5.29. The van der Waals surface area contributed by atoms with Crippen molar-refractivity contribution >= 4 is 16.8 Å². The molecule has 0 radical (unpaired) electrons. The standard InChI is InChI=1S/C24H24N4O2/c1-16-7-9-18(10-8-16)21-11-12-23(29)28(27-21)17(2)24(30)25-14-13-19-15-26-22-6-4-3-5-20(19)22/h3-12,15,17,26H,13-14H2,1-2H3,(H,25,30). The molecule has 0 saturated carbocycles. The second-order valence-electron chi connectivity index (χ2n) is 7.44. The zero-order valence-corrected chi connectivity index (χ0v) is 17.1. The summed E-state index contributed by atoms with van der Waals surface area (Å²) in [4.78, 5) is 28.2. The highest BCUT2D eigenvalue weighted by Gasteiger charge is 2.18. The minimum Gasteiger partial charge on any atom is -0.361 e. The summed E-state index contributed by atoms with van der Waals surface area (Å²) in [5.41, 5.74) is 4.64. The van der Waals surface area contributed by atoms with Crippen LogP contribution in [0.2, 0.25) is 0 Å². The van der Waals surface area contributed by atoms with Gasteiger partial charge in [-0.15, -0.1) is 0 Å². The molecule has 0 fully saturated rings. The third-order valence-corrected chi connectivity index (χ3v) is 5.29. The summed E-state index contributed by atoms with van der Waals surface area (Å²) >= 11 is 0. The Hall–Kier alpha value is -3.67. The van der Waals surface area contributed by atoms with Gasteiger partial charge < -0.3 is 10.3 Å². The van der Waals surface area contributed by atoms with E-state index in [1.807, 2.05) is 55.6 Å². The van der Waals surface area contributed by atoms with Crippen LogP contribution in [0.4, 0.5) is 0 Å². The van der Waals surface area contributed by atoms with Gasteiger partial charge in [-0.3, -0.25) is 9.59 Å². The lowest BCUT2D eigenvalue weighted by atomic mass is 10.1. The lowest BCUT2D eigenvalue weighted by molar-refractivity contribution is -0.124. The number of carbonyl (C=O) groups is 1. The number of rotatable bonds is 6. The van der Waals surface area contributed by atoms with Crippen LogP contribution in [-0.2, 0) is 11.2 Å². The number of hydrogen-bond donors (Lipinski definition) is 2. The van der Waals surface area contributed by atoms with Gasteiger partial charge in [0.15, 0.2) is 0 Å². The first-order valence-electron chi connectivity index (χ1n) is 10.0. The smallest absolute Gasteiger partial charge is 0.267 e. The number of nitrogens with one attached hydrogen (secondary N) is 2. The normalized spacial score (nSPS) is 12.1. The Morgan fingerprint density at radius 2 is 1.87 bits per heavy atom. The molecule has 6 nitrogen and oxygen atoms in total. The first-order valence-corrected chi connectivity index (χ1v) is 10.0. The molecular weight excluding hydrogens is 376 g/mol. The summed E-state index contributed by atoms with van der Waals surface area (Å²) in [7, 11) is 0. The number of carbonyl (C=O) groups excluding carboxylic acids is 1. The number of benzene rings is 2. The Morgan fingerprint density at radius 3 is 2.67 bits per heavy atom. The molecule has 0 aliphatic rings. The number of aromatic nitrogens is 3. The molecule has 1 amide bonds. The molecule has 0 bridgehead atoms. The zero-order valence-electron chi connectivity index (χ0n) is 17.1. The van der Waals surface area contributed by atoms with Crippen LogP contribution in [-0.4, -0.2) is 27.2 Å². The highest BCUT2D eigenvalue weighted by Crippen LogP contribution is 2.18. The van der Waals surface area contributed by atoms with E-state index in [9.17, 15) is 9.59 Å². The van der Waals surface area contributed by atoms with Crippen LogP contribution < -0.4 is 10.9 Å². The second kappa shape index (κ2) is 8.37. The summed E-state index contributed by atoms with van der Waals surface area (Å²) in [5, 5.41) is 8.51. The van der Waals surface area contributed by atoms with Crippen LogP contribution in [0.3, 0.4) is 0 Å². The van der Waals surface area contributed by atoms with Gasteiger partial charge in [0.05, 0.1) is 5.69 Å². The van der Waals surface area contributed by atoms with Crippen molar-refractivity contribution in [2.75, 3.05) is 6.54 Å². The Morgan fingerprint density at radius 1 is 1.10 bits per heavy atom. The van der Waals surface area contributed by atoms with Crippen LogP contribution in [0.1, 0.15) is 24.1 Å². The Kier molecular flexibility index (Phi) is 5.48. The third kappa shape index (κ3) is 4.03. The average Bonchev–Trinajstić information content (AvgIpc) is 3.17. The number of fused-ring (bicyclic) bond motifs is 1. The van der Waals surface area contributed by atoms with Gasteiger partial charge in [0.1, 0.15) is 6.04 Å². The van der Waals surface area contributed by atoms with Gasteiger partial charge >= 0.3 is 0 Å². The number of aryl methyl sites for hydroxylation is 1. The van der Waals surface area contributed by atoms with Crippen molar-refractivity contribution in [1.82, 2.24) is 20.1 Å². The van der Waals surface area contributed by atoms with Gasteiger partial charge in [-0.05, 0) is 38.0 Å². The Balaban J connectivity index is 1.45. The molecule has 2 N–H and O–H groups in total. The van der Waals surface area contributed by atoms with E-state index in [0.29, 0.717) is 18.7 Å². The van der Waals surface area contributed by atoms with Crippen LogP contribution in [0.5, 0.6) is 0 Å². The molecule has 0 aliphatic heterocycles. The molecule has 2 aromatic heterocycles. The van der Waals surface area contributed by atoms with E-state index in [0.717, 1.165) is 27.6 Å². The van der Waals surface area contributed by atoms with Gasteiger partial charge in [0.25, 0.3) is 5.56 Å². The minimum atomic E-state index is -0.703. The number of H-pyrrole nitrogens is 1. The number of hydrogen-bond acceptors (Lipinski definition) is 3. The van der Waals surface area contributed by atoms with Crippen molar-refractivity contribution in [3.63, 3.8) is 0 Å². The molecule has 4 aromatic rings. The highest BCUT2D eigenvalue weighted by molar-refractivity contribution is 5.83. The van der Waals surface area contributed by atoms with Gasteiger partial charge in [-0.1, -0.05) is 48.0 Å². The Labute approximate surface area is 174 Å². The molecular formula is C24H24N4O2. The lowest BCUT2D eigenvalue weighted by Gasteiger charge is -2.15. The van der Waals surface area contributed by atoms with Crippen LogP contribution in [0.25, 0.3) is 22.2 Å². The molecule has 0 saturated heterocycles. The minimum absolute atomic E-state index is 0.231. The number of nitrogens with zero attached hydrogens (tertiary/aromatic N) is 2. The predicted octanol–water partition coefficient (Wildman–Crippen LogP) is 3.62. The molecule has 2 heterocycles. The summed E-state index contributed by atoms with van der Waals surface area (Å²) in [6, 6.07) is 18.4. The molecule has 2 aromatic carbocycles. The van der Waals surface area contributed by atoms with Crippen molar-refractivity contribution in [3.8, 4) is 11.3 Å². The number of amides is 1. The van der Waals surface area contributed by atoms with Crippen molar-refractivity contribution < 1.29 is 4.79 Å². The predicted molar refractivity (Wildman–Crippen MR) is 118 cm³/mol. The maximum absolute atomic E-state index is 12.7. The van der Waals surface area contributed by atoms with Crippen molar-refractivity contribution in [1.29, 1.82) is 0 Å². The Bertz CT molecular complexity index is 1240. The van der Waals surface area contributed by atoms with E-state index in [1.54, 1.807) is 13.0 Å². The molecule has 0 aliphatic carbocycles. The highest BCUT2D eigenvalue weighted by atomic mass is 16.2. The van der Waals surface area contributed by atoms with Gasteiger partial charge in [0.2, 0.25) is 5.91 Å². The number of aromatic amines is 1. The lowest BCUT2D eigenvalue weighted by Crippen LogP contribution is -2.37. The van der Waals surface area contributed by atoms with Gasteiger partial charge in [-0.2, -0.15) is 5.10 Å². The molecule has 0 spiro atoms. The number of para-hydroxylation sites is 1. The van der Waals surface area contributed by atoms with E-state index in [1.165, 1.54) is 10.7 Å². The quantitative estimate of drug-likeness (QED) is 0.519. The topological polar surface area (TPSA) is 79.8 Å². The van der Waals surface area contributed by atoms with Crippen LogP contribution in [0.15, 0.2) is 71.7 Å². The second-order valence-corrected chi connectivity index (χ2v) is 7.44. The van der Waals surface area contributed by atoms with Gasteiger partial charge in [0, 0.05) is 35.3 Å². The SMILES string of the molecule is Cc1ccc(-c2ccc(=O)n(C(C)C(=O)NCCc3c[nH]c4ccccc34)n2)cc1. The summed E-state index contributed by atoms with van der Waals surface area (Å²) in [6.45, 7) is 4.19. The maximum atomic E-state index is 12.7.